The number of rotatable bonds is 7. The van der Waals surface area contributed by atoms with Gasteiger partial charge in [-0.05, 0) is 26.0 Å². The zero-order chi connectivity index (χ0) is 26.5. The topological polar surface area (TPSA) is 131 Å². The molecule has 170 valence electrons. The number of ether oxygens (including phenoxy) is 1. The average molecular weight is 454 g/mol. The zero-order valence-corrected chi connectivity index (χ0v) is 17.9. The van der Waals surface area contributed by atoms with Crippen molar-refractivity contribution in [1.82, 2.24) is 25.5 Å². The first-order valence-electron chi connectivity index (χ1n) is 11.0. The summed E-state index contributed by atoms with van der Waals surface area (Å²) in [5.74, 6) is -1.67. The molecule has 0 saturated carbocycles. The van der Waals surface area contributed by atoms with Gasteiger partial charge in [0.2, 0.25) is 5.91 Å². The Morgan fingerprint density at radius 2 is 1.91 bits per heavy atom. The summed E-state index contributed by atoms with van der Waals surface area (Å²) < 4.78 is 40.7. The van der Waals surface area contributed by atoms with Crippen molar-refractivity contribution in [3.05, 3.63) is 59.8 Å². The third kappa shape index (κ3) is 5.64. The number of para-hydroxylation sites is 1. The van der Waals surface area contributed by atoms with E-state index in [4.69, 9.17) is 8.85 Å². The molecular formula is C22H22FN7O3. The molecule has 0 aliphatic heterocycles. The SMILES string of the molecule is [2H]C([2H])([2H])NC(=O)c1nnc(NC(=O)C=C(C)C)cc1Nc1cccc(-c2ncc(F)cn2)c1OC. The fourth-order valence-electron chi connectivity index (χ4n) is 2.83. The number of anilines is 3. The Labute approximate surface area is 193 Å². The van der Waals surface area contributed by atoms with E-state index in [2.05, 4.69) is 30.8 Å². The molecule has 3 rings (SSSR count). The van der Waals surface area contributed by atoms with E-state index >= 15 is 0 Å². The molecule has 0 bridgehead atoms. The lowest BCUT2D eigenvalue weighted by Gasteiger charge is -2.16. The number of benzene rings is 1. The Hall–Kier alpha value is -4.41. The molecule has 0 atom stereocenters. The van der Waals surface area contributed by atoms with Gasteiger partial charge in [0.05, 0.1) is 36.4 Å². The Morgan fingerprint density at radius 3 is 2.58 bits per heavy atom. The third-order valence-corrected chi connectivity index (χ3v) is 4.14. The summed E-state index contributed by atoms with van der Waals surface area (Å²) in [6.07, 6.45) is 3.36. The standard InChI is InChI=1S/C22H22FN7O3/c1-12(2)8-18(31)28-17-9-16(19(30-29-17)22(32)24-3)27-15-7-5-6-14(20(15)33-4)21-25-10-13(23)11-26-21/h5-11H,1-4H3,(H,24,32)(H2,27,28,29,31)/i3D3. The minimum atomic E-state index is -2.77. The number of hydrogen-bond donors (Lipinski definition) is 3. The lowest BCUT2D eigenvalue weighted by atomic mass is 10.1. The largest absolute Gasteiger partial charge is 0.494 e. The minimum Gasteiger partial charge on any atom is -0.494 e. The van der Waals surface area contributed by atoms with Gasteiger partial charge in [0.1, 0.15) is 0 Å². The number of methoxy groups -OCH3 is 1. The monoisotopic (exact) mass is 454 g/mol. The molecule has 0 unspecified atom stereocenters. The summed E-state index contributed by atoms with van der Waals surface area (Å²) in [5, 5.41) is 15.0. The van der Waals surface area contributed by atoms with Crippen LogP contribution in [0.1, 0.15) is 28.4 Å². The summed E-state index contributed by atoms with van der Waals surface area (Å²) in [5.41, 5.74) is 1.15. The maximum atomic E-state index is 13.3. The van der Waals surface area contributed by atoms with Crippen LogP contribution in [-0.4, -0.2) is 46.1 Å². The Morgan fingerprint density at radius 1 is 1.15 bits per heavy atom. The van der Waals surface area contributed by atoms with Crippen LogP contribution in [0.3, 0.4) is 0 Å². The van der Waals surface area contributed by atoms with Gasteiger partial charge in [-0.1, -0.05) is 11.6 Å². The van der Waals surface area contributed by atoms with E-state index in [9.17, 15) is 14.0 Å². The lowest BCUT2D eigenvalue weighted by molar-refractivity contribution is -0.112. The Bertz CT molecular complexity index is 1310. The summed E-state index contributed by atoms with van der Waals surface area (Å²) in [6, 6.07) is 6.22. The molecule has 3 N–H and O–H groups in total. The first-order chi connectivity index (χ1) is 17.0. The summed E-state index contributed by atoms with van der Waals surface area (Å²) in [6.45, 7) is 0.707. The molecule has 0 radical (unpaired) electrons. The van der Waals surface area contributed by atoms with E-state index < -0.39 is 24.6 Å². The smallest absolute Gasteiger partial charge is 0.273 e. The van der Waals surface area contributed by atoms with Crippen molar-refractivity contribution in [2.75, 3.05) is 24.7 Å². The molecule has 33 heavy (non-hydrogen) atoms. The molecule has 0 aliphatic carbocycles. The minimum absolute atomic E-state index is 0.00224. The van der Waals surface area contributed by atoms with E-state index in [1.165, 1.54) is 19.3 Å². The quantitative estimate of drug-likeness (QED) is 0.464. The fraction of sp³-hybridized carbons (Fsp3) is 0.182. The van der Waals surface area contributed by atoms with Crippen LogP contribution in [0, 0.1) is 5.82 Å². The molecule has 10 nitrogen and oxygen atoms in total. The van der Waals surface area contributed by atoms with Crippen LogP contribution in [0.2, 0.25) is 0 Å². The van der Waals surface area contributed by atoms with Crippen LogP contribution in [-0.2, 0) is 4.79 Å². The molecule has 3 aromatic rings. The molecule has 2 aromatic heterocycles. The molecule has 2 amide bonds. The molecule has 11 heteroatoms. The lowest BCUT2D eigenvalue weighted by Crippen LogP contribution is -2.22. The second kappa shape index (κ2) is 10.3. The van der Waals surface area contributed by atoms with Crippen molar-refractivity contribution in [1.29, 1.82) is 0 Å². The highest BCUT2D eigenvalue weighted by Crippen LogP contribution is 2.37. The molecule has 0 fully saturated rings. The van der Waals surface area contributed by atoms with Crippen molar-refractivity contribution in [2.45, 2.75) is 13.8 Å². The van der Waals surface area contributed by atoms with Crippen molar-refractivity contribution >= 4 is 29.0 Å². The van der Waals surface area contributed by atoms with Gasteiger partial charge in [0.25, 0.3) is 5.91 Å². The Kier molecular flexibility index (Phi) is 6.00. The van der Waals surface area contributed by atoms with Crippen molar-refractivity contribution in [2.24, 2.45) is 0 Å². The number of nitrogens with one attached hydrogen (secondary N) is 3. The number of carbonyl (C=O) groups excluding carboxylic acids is 2. The number of nitrogens with zero attached hydrogens (tertiary/aromatic N) is 4. The predicted molar refractivity (Wildman–Crippen MR) is 121 cm³/mol. The predicted octanol–water partition coefficient (Wildman–Crippen LogP) is 3.09. The van der Waals surface area contributed by atoms with Gasteiger partial charge in [0, 0.05) is 23.2 Å². The highest BCUT2D eigenvalue weighted by atomic mass is 19.1. The van der Waals surface area contributed by atoms with Gasteiger partial charge < -0.3 is 20.7 Å². The maximum absolute atomic E-state index is 13.3. The summed E-state index contributed by atoms with van der Waals surface area (Å²) >= 11 is 0. The maximum Gasteiger partial charge on any atom is 0.273 e. The molecular weight excluding hydrogens is 429 g/mol. The van der Waals surface area contributed by atoms with Gasteiger partial charge in [-0.15, -0.1) is 10.2 Å². The number of allylic oxidation sites excluding steroid dienone is 1. The highest BCUT2D eigenvalue weighted by molar-refractivity contribution is 6.01. The first kappa shape index (κ1) is 19.3. The second-order valence-electron chi connectivity index (χ2n) is 6.89. The van der Waals surface area contributed by atoms with Gasteiger partial charge in [0.15, 0.2) is 28.9 Å². The summed E-state index contributed by atoms with van der Waals surface area (Å²) in [4.78, 5) is 32.7. The van der Waals surface area contributed by atoms with Crippen LogP contribution in [0.25, 0.3) is 11.4 Å². The van der Waals surface area contributed by atoms with Crippen molar-refractivity contribution < 1.29 is 22.8 Å². The van der Waals surface area contributed by atoms with Crippen LogP contribution in [0.4, 0.5) is 21.6 Å². The van der Waals surface area contributed by atoms with Gasteiger partial charge in [-0.3, -0.25) is 9.59 Å². The molecule has 2 heterocycles. The molecule has 0 aliphatic rings. The van der Waals surface area contributed by atoms with E-state index in [0.29, 0.717) is 11.3 Å². The van der Waals surface area contributed by atoms with E-state index in [-0.39, 0.29) is 28.8 Å². The fourth-order valence-corrected chi connectivity index (χ4v) is 2.83. The molecule has 1 aromatic carbocycles. The average Bonchev–Trinajstić information content (AvgIpc) is 2.78. The number of halogens is 1. The van der Waals surface area contributed by atoms with Crippen LogP contribution in [0.5, 0.6) is 5.75 Å². The number of aromatic nitrogens is 4. The molecule has 0 spiro atoms. The number of carbonyl (C=O) groups is 2. The van der Waals surface area contributed by atoms with Crippen molar-refractivity contribution in [3.8, 4) is 17.1 Å². The number of hydrogen-bond acceptors (Lipinski definition) is 8. The van der Waals surface area contributed by atoms with Crippen molar-refractivity contribution in [3.63, 3.8) is 0 Å². The number of amides is 2. The first-order valence-corrected chi connectivity index (χ1v) is 9.55. The molecule has 0 saturated heterocycles. The van der Waals surface area contributed by atoms with Crippen LogP contribution in [0.15, 0.2) is 48.3 Å². The normalized spacial score (nSPS) is 11.9. The van der Waals surface area contributed by atoms with Gasteiger partial charge in [-0.25, -0.2) is 14.4 Å². The zero-order valence-electron chi connectivity index (χ0n) is 20.9. The highest BCUT2D eigenvalue weighted by Gasteiger charge is 2.19. The van der Waals surface area contributed by atoms with Crippen LogP contribution < -0.4 is 20.7 Å². The summed E-state index contributed by atoms with van der Waals surface area (Å²) in [7, 11) is 1.39. The van der Waals surface area contributed by atoms with Gasteiger partial charge in [-0.2, -0.15) is 0 Å². The second-order valence-corrected chi connectivity index (χ2v) is 6.89. The third-order valence-electron chi connectivity index (χ3n) is 4.14. The Balaban J connectivity index is 2.06. The van der Waals surface area contributed by atoms with E-state index in [1.54, 1.807) is 32.0 Å². The van der Waals surface area contributed by atoms with E-state index in [0.717, 1.165) is 18.0 Å². The van der Waals surface area contributed by atoms with E-state index in [1.807, 2.05) is 5.32 Å². The van der Waals surface area contributed by atoms with Crippen LogP contribution >= 0.6 is 0 Å². The van der Waals surface area contributed by atoms with Gasteiger partial charge >= 0.3 is 0 Å².